The van der Waals surface area contributed by atoms with E-state index in [0.717, 1.165) is 5.56 Å². The summed E-state index contributed by atoms with van der Waals surface area (Å²) in [4.78, 5) is 11.5. The number of amides is 1. The third kappa shape index (κ3) is 3.72. The van der Waals surface area contributed by atoms with Gasteiger partial charge in [-0.1, -0.05) is 30.3 Å². The van der Waals surface area contributed by atoms with Gasteiger partial charge in [-0.05, 0) is 24.1 Å². The van der Waals surface area contributed by atoms with E-state index in [-0.39, 0.29) is 37.1 Å². The molecule has 1 aliphatic heterocycles. The number of fused-ring (bicyclic) bond motifs is 1. The Hall–Kier alpha value is -2.42. The van der Waals surface area contributed by atoms with Gasteiger partial charge in [0.25, 0.3) is 5.91 Å². The summed E-state index contributed by atoms with van der Waals surface area (Å²) in [6.07, 6.45) is 0. The lowest BCUT2D eigenvalue weighted by molar-refractivity contribution is -0.118. The van der Waals surface area contributed by atoms with Gasteiger partial charge < -0.3 is 15.2 Å². The summed E-state index contributed by atoms with van der Waals surface area (Å²) >= 11 is 0. The molecule has 0 aromatic heterocycles. The number of ether oxygens (including phenoxy) is 1. The lowest BCUT2D eigenvalue weighted by Gasteiger charge is -2.24. The molecule has 0 spiro atoms. The smallest absolute Gasteiger partial charge is 0.262 e. The molecule has 0 bridgehead atoms. The molecule has 8 heteroatoms. The Morgan fingerprint density at radius 1 is 1.23 bits per heavy atom. The monoisotopic (exact) mass is 376 g/mol. The number of carbonyl (C=O) groups is 1. The Morgan fingerprint density at radius 2 is 1.96 bits per heavy atom. The van der Waals surface area contributed by atoms with Crippen molar-refractivity contribution < 1.29 is 23.1 Å². The number of carbonyl (C=O) groups excluding carboxylic acids is 1. The minimum absolute atomic E-state index is 0.0225. The van der Waals surface area contributed by atoms with Crippen molar-refractivity contribution in [3.05, 3.63) is 53.6 Å². The number of anilines is 1. The summed E-state index contributed by atoms with van der Waals surface area (Å²) in [6.45, 7) is 1.35. The van der Waals surface area contributed by atoms with E-state index >= 15 is 0 Å². The van der Waals surface area contributed by atoms with E-state index in [9.17, 15) is 18.3 Å². The molecular formula is C18H20N2O5S. The Kier molecular flexibility index (Phi) is 5.26. The zero-order valence-corrected chi connectivity index (χ0v) is 15.1. The molecule has 0 saturated heterocycles. The van der Waals surface area contributed by atoms with E-state index in [1.807, 2.05) is 30.3 Å². The van der Waals surface area contributed by atoms with Crippen LogP contribution in [0.5, 0.6) is 5.75 Å². The highest BCUT2D eigenvalue weighted by atomic mass is 32.2. The van der Waals surface area contributed by atoms with E-state index < -0.39 is 10.0 Å². The molecule has 1 aliphatic rings. The van der Waals surface area contributed by atoms with Gasteiger partial charge in [-0.3, -0.25) is 4.79 Å². The van der Waals surface area contributed by atoms with Crippen LogP contribution in [-0.2, 0) is 21.4 Å². The second-order valence-corrected chi connectivity index (χ2v) is 7.90. The fraction of sp³-hybridized carbons (Fsp3) is 0.278. The Labute approximate surface area is 152 Å². The number of nitrogens with one attached hydrogen (secondary N) is 1. The standard InChI is InChI=1S/C18H20N2O5S/c1-13-9-15-16(25-12-18(22)19-15)10-17(13)26(23,24)20(7-8-21)11-14-5-3-2-4-6-14/h2-6,9-10,21H,7-8,11-12H2,1H3,(H,19,22). The van der Waals surface area contributed by atoms with Gasteiger partial charge in [-0.25, -0.2) is 8.42 Å². The summed E-state index contributed by atoms with van der Waals surface area (Å²) < 4.78 is 32.9. The van der Waals surface area contributed by atoms with Crippen molar-refractivity contribution in [2.75, 3.05) is 25.1 Å². The number of benzene rings is 2. The lowest BCUT2D eigenvalue weighted by Crippen LogP contribution is -2.34. The Bertz CT molecular complexity index is 913. The van der Waals surface area contributed by atoms with Gasteiger partial charge in [-0.2, -0.15) is 4.31 Å². The fourth-order valence-electron chi connectivity index (χ4n) is 2.82. The summed E-state index contributed by atoms with van der Waals surface area (Å²) in [6, 6.07) is 12.2. The van der Waals surface area contributed by atoms with Crippen LogP contribution in [0.2, 0.25) is 0 Å². The van der Waals surface area contributed by atoms with Crippen molar-refractivity contribution in [3.8, 4) is 5.75 Å². The maximum absolute atomic E-state index is 13.2. The largest absolute Gasteiger partial charge is 0.482 e. The van der Waals surface area contributed by atoms with Crippen LogP contribution in [0.15, 0.2) is 47.4 Å². The molecular weight excluding hydrogens is 356 g/mol. The lowest BCUT2D eigenvalue weighted by atomic mass is 10.2. The van der Waals surface area contributed by atoms with Crippen LogP contribution < -0.4 is 10.1 Å². The van der Waals surface area contributed by atoms with Crippen LogP contribution in [0.4, 0.5) is 5.69 Å². The molecule has 2 aromatic rings. The van der Waals surface area contributed by atoms with Crippen LogP contribution in [0.3, 0.4) is 0 Å². The quantitative estimate of drug-likeness (QED) is 0.797. The molecule has 0 unspecified atom stereocenters. The summed E-state index contributed by atoms with van der Waals surface area (Å²) in [5, 5.41) is 12.0. The highest BCUT2D eigenvalue weighted by molar-refractivity contribution is 7.89. The summed E-state index contributed by atoms with van der Waals surface area (Å²) in [7, 11) is -3.86. The highest BCUT2D eigenvalue weighted by Gasteiger charge is 2.28. The maximum Gasteiger partial charge on any atom is 0.262 e. The predicted molar refractivity (Wildman–Crippen MR) is 96.4 cm³/mol. The number of aryl methyl sites for hydroxylation is 1. The van der Waals surface area contributed by atoms with Crippen molar-refractivity contribution in [3.63, 3.8) is 0 Å². The second-order valence-electron chi connectivity index (χ2n) is 6.00. The van der Waals surface area contributed by atoms with Crippen LogP contribution in [-0.4, -0.2) is 43.5 Å². The molecule has 0 aliphatic carbocycles. The van der Waals surface area contributed by atoms with E-state index in [1.165, 1.54) is 10.4 Å². The van der Waals surface area contributed by atoms with Crippen LogP contribution >= 0.6 is 0 Å². The third-order valence-electron chi connectivity index (χ3n) is 4.08. The SMILES string of the molecule is Cc1cc2c(cc1S(=O)(=O)N(CCO)Cc1ccccc1)OCC(=O)N2. The normalized spacial score (nSPS) is 13.9. The highest BCUT2D eigenvalue weighted by Crippen LogP contribution is 2.34. The molecule has 1 heterocycles. The van der Waals surface area contributed by atoms with Crippen molar-refractivity contribution in [2.45, 2.75) is 18.4 Å². The van der Waals surface area contributed by atoms with E-state index in [1.54, 1.807) is 13.0 Å². The molecule has 26 heavy (non-hydrogen) atoms. The molecule has 3 rings (SSSR count). The van der Waals surface area contributed by atoms with Crippen LogP contribution in [0.25, 0.3) is 0 Å². The van der Waals surface area contributed by atoms with Gasteiger partial charge in [-0.15, -0.1) is 0 Å². The van der Waals surface area contributed by atoms with Gasteiger partial charge in [0.15, 0.2) is 6.61 Å². The minimum Gasteiger partial charge on any atom is -0.482 e. The average Bonchev–Trinajstić information content (AvgIpc) is 2.61. The molecule has 1 amide bonds. The topological polar surface area (TPSA) is 95.9 Å². The molecule has 0 fully saturated rings. The molecule has 7 nitrogen and oxygen atoms in total. The summed E-state index contributed by atoms with van der Waals surface area (Å²) in [5.74, 6) is 0.0379. The van der Waals surface area contributed by atoms with Crippen molar-refractivity contribution in [1.82, 2.24) is 4.31 Å². The number of nitrogens with zero attached hydrogens (tertiary/aromatic N) is 1. The Balaban J connectivity index is 1.98. The maximum atomic E-state index is 13.2. The van der Waals surface area contributed by atoms with E-state index in [0.29, 0.717) is 17.0 Å². The molecule has 2 N–H and O–H groups in total. The van der Waals surface area contributed by atoms with Crippen LogP contribution in [0, 0.1) is 6.92 Å². The van der Waals surface area contributed by atoms with E-state index in [4.69, 9.17) is 4.74 Å². The van der Waals surface area contributed by atoms with Gasteiger partial charge >= 0.3 is 0 Å². The second kappa shape index (κ2) is 7.45. The van der Waals surface area contributed by atoms with Gasteiger partial charge in [0.05, 0.1) is 17.2 Å². The molecule has 0 saturated carbocycles. The van der Waals surface area contributed by atoms with Gasteiger partial charge in [0.1, 0.15) is 5.75 Å². The predicted octanol–water partition coefficient (Wildman–Crippen LogP) is 1.51. The summed E-state index contributed by atoms with van der Waals surface area (Å²) in [5.41, 5.74) is 1.77. The molecule has 138 valence electrons. The first-order chi connectivity index (χ1) is 12.4. The van der Waals surface area contributed by atoms with Crippen molar-refractivity contribution in [2.24, 2.45) is 0 Å². The average molecular weight is 376 g/mol. The van der Waals surface area contributed by atoms with Crippen molar-refractivity contribution in [1.29, 1.82) is 0 Å². The van der Waals surface area contributed by atoms with E-state index in [2.05, 4.69) is 5.32 Å². The molecule has 0 radical (unpaired) electrons. The first-order valence-corrected chi connectivity index (χ1v) is 9.58. The third-order valence-corrected chi connectivity index (χ3v) is 6.07. The zero-order valence-electron chi connectivity index (χ0n) is 14.3. The Morgan fingerprint density at radius 3 is 2.65 bits per heavy atom. The van der Waals surface area contributed by atoms with Crippen molar-refractivity contribution >= 4 is 21.6 Å². The number of rotatable bonds is 6. The molecule has 0 atom stereocenters. The number of aliphatic hydroxyl groups excluding tert-OH is 1. The minimum atomic E-state index is -3.86. The fourth-order valence-corrected chi connectivity index (χ4v) is 4.46. The number of hydrogen-bond acceptors (Lipinski definition) is 5. The van der Waals surface area contributed by atoms with Gasteiger partial charge in [0, 0.05) is 19.2 Å². The number of sulfonamides is 1. The van der Waals surface area contributed by atoms with Crippen LogP contribution in [0.1, 0.15) is 11.1 Å². The zero-order chi connectivity index (χ0) is 18.7. The first kappa shape index (κ1) is 18.4. The number of aliphatic hydroxyl groups is 1. The van der Waals surface area contributed by atoms with Gasteiger partial charge in [0.2, 0.25) is 10.0 Å². The molecule has 2 aromatic carbocycles. The number of hydrogen-bond donors (Lipinski definition) is 2. The first-order valence-electron chi connectivity index (χ1n) is 8.14.